The number of nitrogens with zero attached hydrogens (tertiary/aromatic N) is 2. The highest BCUT2D eigenvalue weighted by molar-refractivity contribution is 6.75. The van der Waals surface area contributed by atoms with Gasteiger partial charge in [0.2, 0.25) is 0 Å². The van der Waals surface area contributed by atoms with Crippen molar-refractivity contribution in [2.45, 2.75) is 85.9 Å². The van der Waals surface area contributed by atoms with Crippen molar-refractivity contribution in [2.75, 3.05) is 6.61 Å². The summed E-state index contributed by atoms with van der Waals surface area (Å²) in [5.74, 6) is 0.861. The Hall–Kier alpha value is -2.86. The fourth-order valence-corrected chi connectivity index (χ4v) is 7.46. The maximum Gasteiger partial charge on any atom is 0.340 e. The third-order valence-corrected chi connectivity index (χ3v) is 13.3. The van der Waals surface area contributed by atoms with Crippen LogP contribution in [0.25, 0.3) is 11.2 Å². The molecule has 0 saturated carbocycles. The van der Waals surface area contributed by atoms with Crippen LogP contribution in [-0.4, -0.2) is 30.3 Å². The van der Waals surface area contributed by atoms with Gasteiger partial charge in [-0.1, -0.05) is 58.0 Å². The van der Waals surface area contributed by atoms with Crippen molar-refractivity contribution >= 4 is 25.5 Å². The Morgan fingerprint density at radius 2 is 1.89 bits per heavy atom. The van der Waals surface area contributed by atoms with Gasteiger partial charge in [0.15, 0.2) is 11.4 Å². The van der Waals surface area contributed by atoms with Crippen molar-refractivity contribution < 1.29 is 14.0 Å². The number of fused-ring (bicyclic) bond motifs is 2. The smallest absolute Gasteiger partial charge is 0.340 e. The Kier molecular flexibility index (Phi) is 7.44. The van der Waals surface area contributed by atoms with E-state index in [4.69, 9.17) is 14.1 Å². The Morgan fingerprint density at radius 3 is 2.57 bits per heavy atom. The zero-order valence-corrected chi connectivity index (χ0v) is 25.0. The van der Waals surface area contributed by atoms with Crippen LogP contribution in [0.1, 0.15) is 79.5 Å². The molecule has 0 unspecified atom stereocenters. The van der Waals surface area contributed by atoms with E-state index in [1.54, 1.807) is 0 Å². The fraction of sp³-hybridized carbons (Fsp3) is 0.484. The van der Waals surface area contributed by atoms with Gasteiger partial charge in [-0.2, -0.15) is 0 Å². The SMILES string of the molecule is CCOC(=O)c1cn2c(C)c(C)nc2c(O[Si](C)(C)C(C)(C)C(C)C)c1CC=C1CCc2ccccc21. The van der Waals surface area contributed by atoms with Crippen molar-refractivity contribution in [3.05, 3.63) is 70.2 Å². The lowest BCUT2D eigenvalue weighted by atomic mass is 9.99. The molecule has 0 atom stereocenters. The first-order valence-electron chi connectivity index (χ1n) is 13.5. The third-order valence-electron chi connectivity index (χ3n) is 8.87. The number of carbonyl (C=O) groups is 1. The second-order valence-corrected chi connectivity index (χ2v) is 16.1. The Labute approximate surface area is 223 Å². The molecule has 37 heavy (non-hydrogen) atoms. The summed E-state index contributed by atoms with van der Waals surface area (Å²) in [4.78, 5) is 18.3. The number of esters is 1. The van der Waals surface area contributed by atoms with E-state index in [1.807, 2.05) is 31.4 Å². The van der Waals surface area contributed by atoms with Crippen molar-refractivity contribution in [1.82, 2.24) is 9.38 Å². The molecule has 0 aliphatic heterocycles. The molecule has 4 rings (SSSR count). The Balaban J connectivity index is 1.93. The van der Waals surface area contributed by atoms with Crippen LogP contribution < -0.4 is 4.43 Å². The molecule has 1 aliphatic carbocycles. The van der Waals surface area contributed by atoms with Crippen LogP contribution in [-0.2, 0) is 17.6 Å². The topological polar surface area (TPSA) is 52.8 Å². The summed E-state index contributed by atoms with van der Waals surface area (Å²) < 4.78 is 14.7. The van der Waals surface area contributed by atoms with Crippen LogP contribution in [0.3, 0.4) is 0 Å². The van der Waals surface area contributed by atoms with E-state index in [0.29, 0.717) is 24.5 Å². The summed E-state index contributed by atoms with van der Waals surface area (Å²) in [6.07, 6.45) is 6.82. The normalized spacial score (nSPS) is 15.0. The average molecular weight is 519 g/mol. The Morgan fingerprint density at radius 1 is 1.19 bits per heavy atom. The zero-order chi connectivity index (χ0) is 27.1. The number of rotatable bonds is 8. The summed E-state index contributed by atoms with van der Waals surface area (Å²) in [7, 11) is -2.31. The lowest BCUT2D eigenvalue weighted by molar-refractivity contribution is 0.0524. The highest BCUT2D eigenvalue weighted by Crippen LogP contribution is 2.46. The van der Waals surface area contributed by atoms with Gasteiger partial charge in [0, 0.05) is 17.5 Å². The van der Waals surface area contributed by atoms with E-state index in [-0.39, 0.29) is 11.0 Å². The molecule has 0 N–H and O–H groups in total. The number of aromatic nitrogens is 2. The fourth-order valence-electron chi connectivity index (χ4n) is 5.08. The molecule has 0 amide bonds. The summed E-state index contributed by atoms with van der Waals surface area (Å²) >= 11 is 0. The number of imidazole rings is 1. The van der Waals surface area contributed by atoms with E-state index in [0.717, 1.165) is 41.2 Å². The number of carbonyl (C=O) groups excluding carboxylic acids is 1. The number of hydrogen-bond acceptors (Lipinski definition) is 4. The molecule has 198 valence electrons. The first-order chi connectivity index (χ1) is 17.4. The van der Waals surface area contributed by atoms with E-state index in [9.17, 15) is 4.79 Å². The van der Waals surface area contributed by atoms with Gasteiger partial charge in [-0.05, 0) is 80.8 Å². The molecular weight excluding hydrogens is 476 g/mol. The first kappa shape index (κ1) is 27.2. The third kappa shape index (κ3) is 4.88. The van der Waals surface area contributed by atoms with Gasteiger partial charge in [-0.3, -0.25) is 0 Å². The van der Waals surface area contributed by atoms with Crippen molar-refractivity contribution in [3.8, 4) is 5.75 Å². The van der Waals surface area contributed by atoms with Crippen molar-refractivity contribution in [1.29, 1.82) is 0 Å². The van der Waals surface area contributed by atoms with Crippen LogP contribution in [0.15, 0.2) is 36.5 Å². The molecule has 2 heterocycles. The second-order valence-electron chi connectivity index (χ2n) is 11.6. The van der Waals surface area contributed by atoms with Gasteiger partial charge >= 0.3 is 5.97 Å². The van der Waals surface area contributed by atoms with Gasteiger partial charge in [-0.15, -0.1) is 0 Å². The molecule has 0 radical (unpaired) electrons. The van der Waals surface area contributed by atoms with Crippen LogP contribution in [0.2, 0.25) is 18.1 Å². The molecule has 0 saturated heterocycles. The highest BCUT2D eigenvalue weighted by Gasteiger charge is 2.46. The minimum Gasteiger partial charge on any atom is -0.541 e. The summed E-state index contributed by atoms with van der Waals surface area (Å²) in [5, 5.41) is 0.000725. The maximum absolute atomic E-state index is 13.3. The molecule has 0 fully saturated rings. The number of aryl methyl sites for hydroxylation is 3. The monoisotopic (exact) mass is 518 g/mol. The number of pyridine rings is 1. The minimum absolute atomic E-state index is 0.000725. The maximum atomic E-state index is 13.3. The second kappa shape index (κ2) is 10.1. The molecule has 5 nitrogen and oxygen atoms in total. The zero-order valence-electron chi connectivity index (χ0n) is 24.0. The number of hydrogen-bond donors (Lipinski definition) is 0. The van der Waals surface area contributed by atoms with Crippen LogP contribution >= 0.6 is 0 Å². The molecule has 0 spiro atoms. The predicted octanol–water partition coefficient (Wildman–Crippen LogP) is 7.72. The molecular formula is C31H42N2O3Si. The number of benzene rings is 1. The quantitative estimate of drug-likeness (QED) is 0.226. The summed E-state index contributed by atoms with van der Waals surface area (Å²) in [6, 6.07) is 8.61. The lowest BCUT2D eigenvalue weighted by Gasteiger charge is -2.42. The first-order valence-corrected chi connectivity index (χ1v) is 16.4. The van der Waals surface area contributed by atoms with E-state index >= 15 is 0 Å². The largest absolute Gasteiger partial charge is 0.541 e. The van der Waals surface area contributed by atoms with Gasteiger partial charge in [0.25, 0.3) is 8.32 Å². The molecule has 6 heteroatoms. The molecule has 1 aromatic carbocycles. The van der Waals surface area contributed by atoms with Crippen molar-refractivity contribution in [2.24, 2.45) is 5.92 Å². The minimum atomic E-state index is -2.31. The van der Waals surface area contributed by atoms with Crippen molar-refractivity contribution in [3.63, 3.8) is 0 Å². The van der Waals surface area contributed by atoms with E-state index in [2.05, 4.69) is 71.1 Å². The van der Waals surface area contributed by atoms with Gasteiger partial charge in [0.1, 0.15) is 0 Å². The van der Waals surface area contributed by atoms with Gasteiger partial charge < -0.3 is 13.6 Å². The predicted molar refractivity (Wildman–Crippen MR) is 154 cm³/mol. The number of ether oxygens (including phenoxy) is 1. The number of allylic oxidation sites excluding steroid dienone is 2. The molecule has 0 bridgehead atoms. The molecule has 1 aliphatic rings. The summed E-state index contributed by atoms with van der Waals surface area (Å²) in [6.45, 7) is 19.9. The Bertz CT molecular complexity index is 1360. The average Bonchev–Trinajstić information content (AvgIpc) is 3.38. The molecule has 3 aromatic rings. The standard InChI is InChI=1S/C31H42N2O3Si/c1-10-35-30(34)27-19-33-22(5)21(4)32-29(33)28(36-37(8,9)31(6,7)20(2)3)26(27)18-17-24-16-15-23-13-11-12-14-25(23)24/h11-14,17,19-20H,10,15-16,18H2,1-9H3. The van der Waals surface area contributed by atoms with Gasteiger partial charge in [0.05, 0.1) is 17.9 Å². The van der Waals surface area contributed by atoms with E-state index < -0.39 is 8.32 Å². The van der Waals surface area contributed by atoms with Crippen LogP contribution in [0.5, 0.6) is 5.75 Å². The molecule has 2 aromatic heterocycles. The highest BCUT2D eigenvalue weighted by atomic mass is 28.4. The summed E-state index contributed by atoms with van der Waals surface area (Å²) in [5.41, 5.74) is 8.16. The van der Waals surface area contributed by atoms with Crippen LogP contribution in [0.4, 0.5) is 0 Å². The van der Waals surface area contributed by atoms with Gasteiger partial charge in [-0.25, -0.2) is 9.78 Å². The van der Waals surface area contributed by atoms with Crippen LogP contribution in [0, 0.1) is 19.8 Å². The lowest BCUT2D eigenvalue weighted by Crippen LogP contribution is -2.48. The van der Waals surface area contributed by atoms with E-state index in [1.165, 1.54) is 16.7 Å².